The van der Waals surface area contributed by atoms with Crippen molar-refractivity contribution >= 4 is 17.7 Å². The summed E-state index contributed by atoms with van der Waals surface area (Å²) in [6.07, 6.45) is 4.13. The van der Waals surface area contributed by atoms with Crippen LogP contribution >= 0.6 is 0 Å². The van der Waals surface area contributed by atoms with Crippen LogP contribution < -0.4 is 5.56 Å². The summed E-state index contributed by atoms with van der Waals surface area (Å²) < 4.78 is 0. The van der Waals surface area contributed by atoms with Crippen LogP contribution in [0.15, 0.2) is 16.9 Å². The molecule has 5 heterocycles. The van der Waals surface area contributed by atoms with Crippen molar-refractivity contribution in [3.63, 3.8) is 0 Å². The number of piperidine rings is 2. The number of hydrogen-bond acceptors (Lipinski definition) is 4. The maximum atomic E-state index is 13.2. The molecule has 3 amide bonds. The van der Waals surface area contributed by atoms with E-state index in [1.807, 2.05) is 15.9 Å². The Hall–Kier alpha value is -2.64. The first-order valence-corrected chi connectivity index (χ1v) is 10.5. The molecule has 29 heavy (non-hydrogen) atoms. The highest BCUT2D eigenvalue weighted by molar-refractivity contribution is 5.95. The van der Waals surface area contributed by atoms with Crippen LogP contribution in [-0.4, -0.2) is 76.2 Å². The van der Waals surface area contributed by atoms with E-state index < -0.39 is 0 Å². The van der Waals surface area contributed by atoms with Gasteiger partial charge < -0.3 is 19.7 Å². The molecular weight excluding hydrogens is 372 g/mol. The lowest BCUT2D eigenvalue weighted by Gasteiger charge is -2.52. The predicted molar refractivity (Wildman–Crippen MR) is 104 cm³/mol. The first kappa shape index (κ1) is 18.4. The van der Waals surface area contributed by atoms with Crippen molar-refractivity contribution in [2.45, 2.75) is 50.1 Å². The van der Waals surface area contributed by atoms with E-state index in [0.717, 1.165) is 31.4 Å². The number of fused-ring (bicyclic) bond motifs is 3. The summed E-state index contributed by atoms with van der Waals surface area (Å²) in [7, 11) is 1.73. The number of carbonyl (C=O) groups is 3. The summed E-state index contributed by atoms with van der Waals surface area (Å²) in [4.78, 5) is 58.2. The SMILES string of the molecule is CN1CC(C(=O)N2CC3CCC2CN3C(=O)c2cc(C3CC3)[nH]c(=O)c2)CC1=O. The van der Waals surface area contributed by atoms with E-state index in [-0.39, 0.29) is 47.7 Å². The van der Waals surface area contributed by atoms with Crippen molar-refractivity contribution in [3.05, 3.63) is 33.7 Å². The van der Waals surface area contributed by atoms with Crippen LogP contribution in [0.25, 0.3) is 0 Å². The maximum absolute atomic E-state index is 13.2. The van der Waals surface area contributed by atoms with E-state index >= 15 is 0 Å². The number of amides is 3. The second-order valence-corrected chi connectivity index (χ2v) is 8.97. The number of aromatic nitrogens is 1. The summed E-state index contributed by atoms with van der Waals surface area (Å²) in [6, 6.07) is 3.17. The molecule has 4 saturated heterocycles. The fourth-order valence-electron chi connectivity index (χ4n) is 5.08. The number of likely N-dealkylation sites (tertiary alicyclic amines) is 1. The van der Waals surface area contributed by atoms with Gasteiger partial charge in [-0.3, -0.25) is 19.2 Å². The molecule has 1 aromatic rings. The number of aromatic amines is 1. The van der Waals surface area contributed by atoms with Crippen molar-refractivity contribution < 1.29 is 14.4 Å². The molecule has 8 nitrogen and oxygen atoms in total. The van der Waals surface area contributed by atoms with Gasteiger partial charge in [-0.15, -0.1) is 0 Å². The molecule has 1 saturated carbocycles. The van der Waals surface area contributed by atoms with E-state index in [1.165, 1.54) is 6.07 Å². The molecule has 2 bridgehead atoms. The largest absolute Gasteiger partial charge is 0.345 e. The van der Waals surface area contributed by atoms with Gasteiger partial charge >= 0.3 is 0 Å². The third-order valence-electron chi connectivity index (χ3n) is 6.89. The number of H-pyrrole nitrogens is 1. The average molecular weight is 398 g/mol. The Morgan fingerprint density at radius 1 is 0.966 bits per heavy atom. The number of hydrogen-bond donors (Lipinski definition) is 1. The zero-order valence-electron chi connectivity index (χ0n) is 16.6. The maximum Gasteiger partial charge on any atom is 0.254 e. The van der Waals surface area contributed by atoms with Gasteiger partial charge in [0.15, 0.2) is 0 Å². The molecule has 1 aliphatic carbocycles. The number of nitrogens with zero attached hydrogens (tertiary/aromatic N) is 3. The molecule has 5 aliphatic rings. The van der Waals surface area contributed by atoms with Gasteiger partial charge in [-0.25, -0.2) is 0 Å². The van der Waals surface area contributed by atoms with Crippen LogP contribution in [-0.2, 0) is 9.59 Å². The van der Waals surface area contributed by atoms with Gasteiger partial charge in [0.25, 0.3) is 5.91 Å². The highest BCUT2D eigenvalue weighted by atomic mass is 16.2. The van der Waals surface area contributed by atoms with Crippen LogP contribution in [0.1, 0.15) is 54.1 Å². The molecule has 4 aliphatic heterocycles. The van der Waals surface area contributed by atoms with E-state index in [1.54, 1.807) is 11.9 Å². The molecule has 3 unspecified atom stereocenters. The number of nitrogens with one attached hydrogen (secondary N) is 1. The fraction of sp³-hybridized carbons (Fsp3) is 0.619. The lowest BCUT2D eigenvalue weighted by molar-refractivity contribution is -0.144. The Labute approximate surface area is 168 Å². The summed E-state index contributed by atoms with van der Waals surface area (Å²) in [5.74, 6) is 0.0359. The van der Waals surface area contributed by atoms with Gasteiger partial charge in [-0.1, -0.05) is 0 Å². The Morgan fingerprint density at radius 3 is 2.24 bits per heavy atom. The molecule has 8 heteroatoms. The quantitative estimate of drug-likeness (QED) is 0.804. The van der Waals surface area contributed by atoms with Crippen LogP contribution in [0.2, 0.25) is 0 Å². The number of rotatable bonds is 3. The van der Waals surface area contributed by atoms with Crippen molar-refractivity contribution in [1.82, 2.24) is 19.7 Å². The number of piperazine rings is 1. The molecule has 1 aromatic heterocycles. The summed E-state index contributed by atoms with van der Waals surface area (Å²) in [5, 5.41) is 0. The van der Waals surface area contributed by atoms with Gasteiger partial charge in [-0.05, 0) is 37.7 Å². The molecule has 154 valence electrons. The molecule has 3 atom stereocenters. The van der Waals surface area contributed by atoms with Crippen LogP contribution in [0, 0.1) is 5.92 Å². The first-order chi connectivity index (χ1) is 13.9. The molecule has 6 rings (SSSR count). The van der Waals surface area contributed by atoms with Crippen LogP contribution in [0.3, 0.4) is 0 Å². The van der Waals surface area contributed by atoms with E-state index in [2.05, 4.69) is 4.98 Å². The first-order valence-electron chi connectivity index (χ1n) is 10.5. The summed E-state index contributed by atoms with van der Waals surface area (Å²) in [5.41, 5.74) is 1.07. The third kappa shape index (κ3) is 3.24. The lowest BCUT2D eigenvalue weighted by atomic mass is 9.88. The molecular formula is C21H26N4O4. The fourth-order valence-corrected chi connectivity index (χ4v) is 5.08. The Kier molecular flexibility index (Phi) is 4.26. The van der Waals surface area contributed by atoms with Gasteiger partial charge in [0, 0.05) is 62.5 Å². The topological polar surface area (TPSA) is 93.8 Å². The van der Waals surface area contributed by atoms with E-state index in [9.17, 15) is 19.2 Å². The van der Waals surface area contributed by atoms with Gasteiger partial charge in [0.2, 0.25) is 17.4 Å². The van der Waals surface area contributed by atoms with Gasteiger partial charge in [0.05, 0.1) is 5.92 Å². The minimum atomic E-state index is -0.273. The smallest absolute Gasteiger partial charge is 0.254 e. The highest BCUT2D eigenvalue weighted by Crippen LogP contribution is 2.39. The lowest BCUT2D eigenvalue weighted by Crippen LogP contribution is -2.65. The monoisotopic (exact) mass is 398 g/mol. The Balaban J connectivity index is 1.31. The molecule has 0 spiro atoms. The number of pyridine rings is 1. The minimum Gasteiger partial charge on any atom is -0.345 e. The van der Waals surface area contributed by atoms with Gasteiger partial charge in [0.1, 0.15) is 0 Å². The standard InChI is InChI=1S/C21H26N4O4/c1-23-9-14(8-19(23)27)21(29)25-11-15-4-5-16(25)10-24(15)20(28)13-6-17(12-2-3-12)22-18(26)7-13/h6-7,12,14-16H,2-5,8-11H2,1H3,(H,22,26). The summed E-state index contributed by atoms with van der Waals surface area (Å²) in [6.45, 7) is 1.49. The summed E-state index contributed by atoms with van der Waals surface area (Å²) >= 11 is 0. The van der Waals surface area contributed by atoms with Crippen LogP contribution in [0.5, 0.6) is 0 Å². The zero-order valence-corrected chi connectivity index (χ0v) is 16.6. The number of carbonyl (C=O) groups excluding carboxylic acids is 3. The zero-order chi connectivity index (χ0) is 20.3. The average Bonchev–Trinajstić information content (AvgIpc) is 3.52. The van der Waals surface area contributed by atoms with E-state index in [4.69, 9.17) is 0 Å². The predicted octanol–water partition coefficient (Wildman–Crippen LogP) is 0.546. The van der Waals surface area contributed by atoms with Crippen molar-refractivity contribution in [2.24, 2.45) is 5.92 Å². The van der Waals surface area contributed by atoms with Crippen molar-refractivity contribution in [1.29, 1.82) is 0 Å². The van der Waals surface area contributed by atoms with E-state index in [0.29, 0.717) is 31.1 Å². The third-order valence-corrected chi connectivity index (χ3v) is 6.89. The normalized spacial score (nSPS) is 28.9. The molecule has 0 aromatic carbocycles. The second-order valence-electron chi connectivity index (χ2n) is 8.97. The minimum absolute atomic E-state index is 0.0117. The molecule has 1 N–H and O–H groups in total. The Bertz CT molecular complexity index is 937. The van der Waals surface area contributed by atoms with Crippen molar-refractivity contribution in [2.75, 3.05) is 26.7 Å². The second kappa shape index (κ2) is 6.71. The van der Waals surface area contributed by atoms with Gasteiger partial charge in [-0.2, -0.15) is 0 Å². The highest BCUT2D eigenvalue weighted by Gasteiger charge is 2.46. The van der Waals surface area contributed by atoms with Crippen molar-refractivity contribution in [3.8, 4) is 0 Å². The Morgan fingerprint density at radius 2 is 1.66 bits per heavy atom. The molecule has 5 fully saturated rings. The molecule has 0 radical (unpaired) electrons. The van der Waals surface area contributed by atoms with Crippen LogP contribution in [0.4, 0.5) is 0 Å².